The highest BCUT2D eigenvalue weighted by atomic mass is 16.4. The van der Waals surface area contributed by atoms with Crippen LogP contribution in [0.4, 0.5) is 0 Å². The van der Waals surface area contributed by atoms with Crippen molar-refractivity contribution in [3.8, 4) is 0 Å². The molecule has 0 bridgehead atoms. The largest absolute Gasteiger partial charge is 0.476 e. The Morgan fingerprint density at radius 1 is 1.12 bits per heavy atom. The summed E-state index contributed by atoms with van der Waals surface area (Å²) in [5.74, 6) is -0.833. The van der Waals surface area contributed by atoms with Gasteiger partial charge in [0, 0.05) is 19.6 Å². The molecule has 2 aliphatic rings. The van der Waals surface area contributed by atoms with E-state index >= 15 is 0 Å². The van der Waals surface area contributed by atoms with Gasteiger partial charge in [-0.2, -0.15) is 0 Å². The van der Waals surface area contributed by atoms with E-state index in [0.717, 1.165) is 43.6 Å². The number of hydrogen-bond donors (Lipinski definition) is 1. The van der Waals surface area contributed by atoms with Crippen LogP contribution in [0.3, 0.4) is 0 Å². The first-order valence-corrected chi connectivity index (χ1v) is 8.84. The van der Waals surface area contributed by atoms with E-state index in [4.69, 9.17) is 5.11 Å². The first-order chi connectivity index (χ1) is 12.6. The fourth-order valence-electron chi connectivity index (χ4n) is 3.73. The molecule has 1 aromatic heterocycles. The molecule has 4 rings (SSSR count). The topological polar surface area (TPSA) is 91.6 Å². The van der Waals surface area contributed by atoms with Crippen LogP contribution >= 0.6 is 0 Å². The first kappa shape index (κ1) is 16.7. The second-order valence-corrected chi connectivity index (χ2v) is 6.88. The van der Waals surface area contributed by atoms with Crippen molar-refractivity contribution in [3.63, 3.8) is 0 Å². The highest BCUT2D eigenvalue weighted by molar-refractivity contribution is 5.84. The van der Waals surface area contributed by atoms with Gasteiger partial charge in [0.05, 0.1) is 18.8 Å². The van der Waals surface area contributed by atoms with Gasteiger partial charge >= 0.3 is 5.97 Å². The number of aromatic nitrogens is 3. The SMILES string of the molecule is O=C(O)c1cn(Cc2ccc(CN3CCN4CCCC4C3=O)cc2)nn1. The minimum atomic E-state index is -1.08. The Balaban J connectivity index is 1.38. The highest BCUT2D eigenvalue weighted by Crippen LogP contribution is 2.23. The Morgan fingerprint density at radius 2 is 1.85 bits per heavy atom. The predicted molar refractivity (Wildman–Crippen MR) is 92.5 cm³/mol. The molecular formula is C18H21N5O3. The number of piperazine rings is 1. The summed E-state index contributed by atoms with van der Waals surface area (Å²) < 4.78 is 1.50. The van der Waals surface area contributed by atoms with Gasteiger partial charge in [0.25, 0.3) is 0 Å². The molecule has 136 valence electrons. The molecule has 8 heteroatoms. The van der Waals surface area contributed by atoms with Crippen LogP contribution in [0.2, 0.25) is 0 Å². The number of amides is 1. The normalized spacial score (nSPS) is 20.4. The molecule has 2 aliphatic heterocycles. The van der Waals surface area contributed by atoms with Crippen LogP contribution in [0.1, 0.15) is 34.5 Å². The zero-order chi connectivity index (χ0) is 18.1. The Morgan fingerprint density at radius 3 is 2.54 bits per heavy atom. The Labute approximate surface area is 151 Å². The Kier molecular flexibility index (Phi) is 4.42. The average molecular weight is 355 g/mol. The zero-order valence-corrected chi connectivity index (χ0v) is 14.4. The number of carbonyl (C=O) groups is 2. The van der Waals surface area contributed by atoms with Crippen LogP contribution in [-0.4, -0.2) is 67.5 Å². The maximum atomic E-state index is 12.6. The van der Waals surface area contributed by atoms with Gasteiger partial charge in [-0.1, -0.05) is 29.5 Å². The summed E-state index contributed by atoms with van der Waals surface area (Å²) in [7, 11) is 0. The molecule has 1 aromatic carbocycles. The summed E-state index contributed by atoms with van der Waals surface area (Å²) in [6, 6.07) is 8.07. The van der Waals surface area contributed by atoms with Gasteiger partial charge in [0.1, 0.15) is 0 Å². The molecule has 2 saturated heterocycles. The lowest BCUT2D eigenvalue weighted by atomic mass is 10.1. The second kappa shape index (κ2) is 6.87. The monoisotopic (exact) mass is 355 g/mol. The number of benzene rings is 1. The van der Waals surface area contributed by atoms with Crippen molar-refractivity contribution in [1.82, 2.24) is 24.8 Å². The van der Waals surface area contributed by atoms with Gasteiger partial charge in [0.2, 0.25) is 5.91 Å². The molecular weight excluding hydrogens is 334 g/mol. The van der Waals surface area contributed by atoms with Crippen molar-refractivity contribution in [2.24, 2.45) is 0 Å². The van der Waals surface area contributed by atoms with Crippen LogP contribution in [0.15, 0.2) is 30.5 Å². The van der Waals surface area contributed by atoms with Gasteiger partial charge in [-0.15, -0.1) is 5.10 Å². The van der Waals surface area contributed by atoms with E-state index in [0.29, 0.717) is 13.1 Å². The zero-order valence-electron chi connectivity index (χ0n) is 14.4. The number of rotatable bonds is 5. The molecule has 1 atom stereocenters. The fraction of sp³-hybridized carbons (Fsp3) is 0.444. The van der Waals surface area contributed by atoms with E-state index < -0.39 is 5.97 Å². The third kappa shape index (κ3) is 3.32. The van der Waals surface area contributed by atoms with Gasteiger partial charge in [-0.3, -0.25) is 9.69 Å². The van der Waals surface area contributed by atoms with Crippen LogP contribution in [-0.2, 0) is 17.9 Å². The summed E-state index contributed by atoms with van der Waals surface area (Å²) >= 11 is 0. The quantitative estimate of drug-likeness (QED) is 0.854. The van der Waals surface area contributed by atoms with E-state index in [-0.39, 0.29) is 17.6 Å². The highest BCUT2D eigenvalue weighted by Gasteiger charge is 2.37. The molecule has 1 unspecified atom stereocenters. The van der Waals surface area contributed by atoms with Crippen molar-refractivity contribution in [2.45, 2.75) is 32.0 Å². The van der Waals surface area contributed by atoms with Gasteiger partial charge in [-0.05, 0) is 30.5 Å². The van der Waals surface area contributed by atoms with Crippen LogP contribution in [0.25, 0.3) is 0 Å². The van der Waals surface area contributed by atoms with Crippen LogP contribution < -0.4 is 0 Å². The number of fused-ring (bicyclic) bond motifs is 1. The lowest BCUT2D eigenvalue weighted by molar-refractivity contribution is -0.140. The molecule has 1 N–H and O–H groups in total. The van der Waals surface area contributed by atoms with Crippen molar-refractivity contribution in [3.05, 3.63) is 47.3 Å². The smallest absolute Gasteiger partial charge is 0.358 e. The summed E-state index contributed by atoms with van der Waals surface area (Å²) in [5.41, 5.74) is 2.03. The number of carbonyl (C=O) groups excluding carboxylic acids is 1. The molecule has 3 heterocycles. The van der Waals surface area contributed by atoms with E-state index in [1.54, 1.807) is 0 Å². The van der Waals surface area contributed by atoms with Crippen molar-refractivity contribution >= 4 is 11.9 Å². The molecule has 0 aliphatic carbocycles. The third-order valence-corrected chi connectivity index (χ3v) is 5.12. The lowest BCUT2D eigenvalue weighted by Gasteiger charge is -2.36. The van der Waals surface area contributed by atoms with Gasteiger partial charge in [-0.25, -0.2) is 9.48 Å². The molecule has 2 fully saturated rings. The molecule has 1 amide bonds. The number of nitrogens with zero attached hydrogens (tertiary/aromatic N) is 5. The van der Waals surface area contributed by atoms with Crippen molar-refractivity contribution in [2.75, 3.05) is 19.6 Å². The first-order valence-electron chi connectivity index (χ1n) is 8.84. The third-order valence-electron chi connectivity index (χ3n) is 5.12. The maximum absolute atomic E-state index is 12.6. The van der Waals surface area contributed by atoms with E-state index in [1.807, 2.05) is 29.2 Å². The lowest BCUT2D eigenvalue weighted by Crippen LogP contribution is -2.53. The minimum absolute atomic E-state index is 0.0637. The molecule has 0 spiro atoms. The number of aromatic carboxylic acids is 1. The Hall–Kier alpha value is -2.74. The molecule has 8 nitrogen and oxygen atoms in total. The molecule has 2 aromatic rings. The predicted octanol–water partition coefficient (Wildman–Crippen LogP) is 0.831. The van der Waals surface area contributed by atoms with Crippen molar-refractivity contribution < 1.29 is 14.7 Å². The minimum Gasteiger partial charge on any atom is -0.476 e. The Bertz CT molecular complexity index is 816. The van der Waals surface area contributed by atoms with E-state index in [1.165, 1.54) is 10.9 Å². The molecule has 0 radical (unpaired) electrons. The molecule has 0 saturated carbocycles. The van der Waals surface area contributed by atoms with Gasteiger partial charge < -0.3 is 10.0 Å². The number of hydrogen-bond acceptors (Lipinski definition) is 5. The summed E-state index contributed by atoms with van der Waals surface area (Å²) in [4.78, 5) is 27.7. The van der Waals surface area contributed by atoms with Crippen LogP contribution in [0, 0.1) is 0 Å². The van der Waals surface area contributed by atoms with Crippen molar-refractivity contribution in [1.29, 1.82) is 0 Å². The summed E-state index contributed by atoms with van der Waals surface area (Å²) in [6.45, 7) is 3.89. The fourth-order valence-corrected chi connectivity index (χ4v) is 3.73. The van der Waals surface area contributed by atoms with E-state index in [2.05, 4.69) is 15.2 Å². The van der Waals surface area contributed by atoms with E-state index in [9.17, 15) is 9.59 Å². The summed E-state index contributed by atoms with van der Waals surface area (Å²) in [5, 5.41) is 16.3. The van der Waals surface area contributed by atoms with Gasteiger partial charge in [0.15, 0.2) is 5.69 Å². The maximum Gasteiger partial charge on any atom is 0.358 e. The standard InChI is InChI=1S/C18H21N5O3/c24-17-16-2-1-7-21(16)8-9-22(17)10-13-3-5-14(6-4-13)11-23-12-15(18(25)26)19-20-23/h3-6,12,16H,1-2,7-11H2,(H,25,26). The average Bonchev–Trinajstić information content (AvgIpc) is 3.29. The van der Waals surface area contributed by atoms with Crippen LogP contribution in [0.5, 0.6) is 0 Å². The summed E-state index contributed by atoms with van der Waals surface area (Å²) in [6.07, 6.45) is 3.51. The second-order valence-electron chi connectivity index (χ2n) is 6.88. The number of carboxylic acid groups (broad SMARTS) is 1. The molecule has 26 heavy (non-hydrogen) atoms. The number of carboxylic acids is 1.